The average Bonchev–Trinajstić information content (AvgIpc) is 3.11. The van der Waals surface area contributed by atoms with Gasteiger partial charge in [-0.1, -0.05) is 5.92 Å². The molecule has 0 radical (unpaired) electrons. The van der Waals surface area contributed by atoms with Gasteiger partial charge in [-0.05, 0) is 31.7 Å². The van der Waals surface area contributed by atoms with E-state index in [1.807, 2.05) is 0 Å². The van der Waals surface area contributed by atoms with Crippen LogP contribution in [0.3, 0.4) is 0 Å². The van der Waals surface area contributed by atoms with E-state index in [9.17, 15) is 13.6 Å². The van der Waals surface area contributed by atoms with Crippen LogP contribution in [0.5, 0.6) is 0 Å². The summed E-state index contributed by atoms with van der Waals surface area (Å²) in [4.78, 5) is 16.0. The van der Waals surface area contributed by atoms with Crippen LogP contribution in [0.15, 0.2) is 12.4 Å². The Morgan fingerprint density at radius 1 is 1.23 bits per heavy atom. The van der Waals surface area contributed by atoms with Gasteiger partial charge in [0.15, 0.2) is 11.5 Å². The Hall–Kier alpha value is -3.45. The third-order valence-corrected chi connectivity index (χ3v) is 5.58. The predicted octanol–water partition coefficient (Wildman–Crippen LogP) is 1.46. The SMILES string of the molecule is NC(=O)c1c(C#Cc2c(F)cc3c(ncn3C3CC3)c2F)nn([C@H]2CCNC2)c1N. The third kappa shape index (κ3) is 2.90. The maximum atomic E-state index is 15.0. The number of carbonyl (C=O) groups excluding carboxylic acids is 1. The lowest BCUT2D eigenvalue weighted by Gasteiger charge is -2.10. The van der Waals surface area contributed by atoms with Gasteiger partial charge in [0.05, 0.1) is 23.4 Å². The summed E-state index contributed by atoms with van der Waals surface area (Å²) >= 11 is 0. The summed E-state index contributed by atoms with van der Waals surface area (Å²) < 4.78 is 32.9. The van der Waals surface area contributed by atoms with Crippen LogP contribution in [-0.4, -0.2) is 38.3 Å². The van der Waals surface area contributed by atoms with Gasteiger partial charge in [0, 0.05) is 18.7 Å². The first-order valence-electron chi connectivity index (χ1n) is 9.70. The van der Waals surface area contributed by atoms with Crippen LogP contribution in [0.2, 0.25) is 0 Å². The molecule has 1 aliphatic heterocycles. The molecule has 1 saturated heterocycles. The molecule has 8 nitrogen and oxygen atoms in total. The van der Waals surface area contributed by atoms with Gasteiger partial charge in [0.25, 0.3) is 5.91 Å². The highest BCUT2D eigenvalue weighted by atomic mass is 19.1. The van der Waals surface area contributed by atoms with Gasteiger partial charge in [0.2, 0.25) is 0 Å². The van der Waals surface area contributed by atoms with Gasteiger partial charge in [-0.25, -0.2) is 18.4 Å². The fraction of sp³-hybridized carbons (Fsp3) is 0.350. The number of carbonyl (C=O) groups is 1. The molecule has 2 fully saturated rings. The second-order valence-electron chi connectivity index (χ2n) is 7.61. The van der Waals surface area contributed by atoms with E-state index in [0.717, 1.165) is 25.8 Å². The number of amides is 1. The van der Waals surface area contributed by atoms with Crippen molar-refractivity contribution in [3.63, 3.8) is 0 Å². The van der Waals surface area contributed by atoms with Gasteiger partial charge < -0.3 is 21.4 Å². The molecule has 1 atom stereocenters. The molecule has 30 heavy (non-hydrogen) atoms. The fourth-order valence-corrected chi connectivity index (χ4v) is 3.88. The predicted molar refractivity (Wildman–Crippen MR) is 106 cm³/mol. The van der Waals surface area contributed by atoms with Crippen molar-refractivity contribution in [2.24, 2.45) is 5.73 Å². The van der Waals surface area contributed by atoms with E-state index in [1.165, 1.54) is 17.1 Å². The minimum atomic E-state index is -0.843. The number of halogens is 2. The molecule has 1 aliphatic carbocycles. The summed E-state index contributed by atoms with van der Waals surface area (Å²) in [7, 11) is 0. The standard InChI is InChI=1S/C20H19F2N7O/c21-13-7-15-18(26-9-28(15)10-1-2-10)17(22)12(13)3-4-14-16(20(24)30)19(23)29(27-14)11-5-6-25-8-11/h7,9-11,25H,1-2,5-6,8,23H2,(H2,24,30)/t11-/m0/s1. The maximum absolute atomic E-state index is 15.0. The van der Waals surface area contributed by atoms with Gasteiger partial charge in [-0.3, -0.25) is 4.79 Å². The van der Waals surface area contributed by atoms with E-state index in [1.54, 1.807) is 4.57 Å². The van der Waals surface area contributed by atoms with Gasteiger partial charge in [0.1, 0.15) is 22.7 Å². The second kappa shape index (κ2) is 6.81. The van der Waals surface area contributed by atoms with E-state index in [-0.39, 0.29) is 34.7 Å². The highest BCUT2D eigenvalue weighted by molar-refractivity contribution is 5.99. The lowest BCUT2D eigenvalue weighted by atomic mass is 10.1. The van der Waals surface area contributed by atoms with Crippen molar-refractivity contribution in [3.05, 3.63) is 40.8 Å². The van der Waals surface area contributed by atoms with Crippen LogP contribution < -0.4 is 16.8 Å². The number of anilines is 1. The average molecular weight is 411 g/mol. The highest BCUT2D eigenvalue weighted by Gasteiger charge is 2.28. The molecule has 5 rings (SSSR count). The van der Waals surface area contributed by atoms with E-state index in [4.69, 9.17) is 11.5 Å². The Bertz CT molecular complexity index is 1240. The number of nitrogens with zero attached hydrogens (tertiary/aromatic N) is 4. The van der Waals surface area contributed by atoms with Crippen molar-refractivity contribution in [2.75, 3.05) is 18.8 Å². The largest absolute Gasteiger partial charge is 0.383 e. The van der Waals surface area contributed by atoms with Gasteiger partial charge in [-0.15, -0.1) is 0 Å². The molecule has 0 bridgehead atoms. The summed E-state index contributed by atoms with van der Waals surface area (Å²) in [6, 6.07) is 1.43. The van der Waals surface area contributed by atoms with Crippen molar-refractivity contribution in [1.29, 1.82) is 0 Å². The van der Waals surface area contributed by atoms with Crippen molar-refractivity contribution >= 4 is 22.8 Å². The topological polar surface area (TPSA) is 117 Å². The first kappa shape index (κ1) is 18.6. The van der Waals surface area contributed by atoms with Gasteiger partial charge in [-0.2, -0.15) is 5.10 Å². The van der Waals surface area contributed by atoms with Crippen LogP contribution in [0.25, 0.3) is 11.0 Å². The zero-order valence-electron chi connectivity index (χ0n) is 16.0. The molecule has 1 amide bonds. The zero-order chi connectivity index (χ0) is 21.0. The number of benzene rings is 1. The number of imidazole rings is 1. The van der Waals surface area contributed by atoms with Crippen molar-refractivity contribution in [3.8, 4) is 11.8 Å². The molecule has 3 aromatic rings. The number of rotatable bonds is 3. The number of nitrogen functional groups attached to an aromatic ring is 1. The van der Waals surface area contributed by atoms with Gasteiger partial charge >= 0.3 is 0 Å². The van der Waals surface area contributed by atoms with Crippen molar-refractivity contribution in [1.82, 2.24) is 24.6 Å². The molecule has 3 heterocycles. The van der Waals surface area contributed by atoms with Crippen LogP contribution in [-0.2, 0) is 0 Å². The first-order valence-corrected chi connectivity index (χ1v) is 9.70. The number of primary amides is 1. The molecular weight excluding hydrogens is 392 g/mol. The van der Waals surface area contributed by atoms with E-state index < -0.39 is 23.1 Å². The van der Waals surface area contributed by atoms with Crippen LogP contribution >= 0.6 is 0 Å². The van der Waals surface area contributed by atoms with Crippen LogP contribution in [0.4, 0.5) is 14.6 Å². The summed E-state index contributed by atoms with van der Waals surface area (Å²) in [6.45, 7) is 1.43. The lowest BCUT2D eigenvalue weighted by molar-refractivity contribution is 0.100. The zero-order valence-corrected chi connectivity index (χ0v) is 16.0. The van der Waals surface area contributed by atoms with Crippen LogP contribution in [0.1, 0.15) is 53.0 Å². The third-order valence-electron chi connectivity index (χ3n) is 5.58. The van der Waals surface area contributed by atoms with E-state index in [2.05, 4.69) is 27.2 Å². The second-order valence-corrected chi connectivity index (χ2v) is 7.61. The molecule has 5 N–H and O–H groups in total. The molecule has 0 unspecified atom stereocenters. The summed E-state index contributed by atoms with van der Waals surface area (Å²) in [5, 5.41) is 7.48. The summed E-state index contributed by atoms with van der Waals surface area (Å²) in [5.74, 6) is 2.71. The molecule has 0 spiro atoms. The molecule has 10 heteroatoms. The molecule has 1 aromatic carbocycles. The Morgan fingerprint density at radius 2 is 2.03 bits per heavy atom. The number of hydrogen-bond donors (Lipinski definition) is 3. The number of nitrogens with two attached hydrogens (primary N) is 2. The summed E-state index contributed by atoms with van der Waals surface area (Å²) in [5.41, 5.74) is 11.5. The quantitative estimate of drug-likeness (QED) is 0.564. The highest BCUT2D eigenvalue weighted by Crippen LogP contribution is 2.38. The first-order chi connectivity index (χ1) is 14.5. The van der Waals surface area contributed by atoms with Crippen LogP contribution in [0, 0.1) is 23.5 Å². The Kier molecular flexibility index (Phi) is 4.22. The Morgan fingerprint density at radius 3 is 2.70 bits per heavy atom. The lowest BCUT2D eigenvalue weighted by Crippen LogP contribution is -2.18. The van der Waals surface area contributed by atoms with Crippen molar-refractivity contribution in [2.45, 2.75) is 31.3 Å². The summed E-state index contributed by atoms with van der Waals surface area (Å²) in [6.07, 6.45) is 4.23. The smallest absolute Gasteiger partial charge is 0.255 e. The van der Waals surface area contributed by atoms with E-state index in [0.29, 0.717) is 12.1 Å². The number of fused-ring (bicyclic) bond motifs is 1. The van der Waals surface area contributed by atoms with E-state index >= 15 is 0 Å². The number of hydrogen-bond acceptors (Lipinski definition) is 5. The molecule has 154 valence electrons. The minimum absolute atomic E-state index is 0.00527. The maximum Gasteiger partial charge on any atom is 0.255 e. The Balaban J connectivity index is 1.59. The Labute approximate surface area is 170 Å². The minimum Gasteiger partial charge on any atom is -0.383 e. The number of nitrogens with one attached hydrogen (secondary N) is 1. The normalized spacial score (nSPS) is 18.5. The number of aromatic nitrogens is 4. The van der Waals surface area contributed by atoms with Crippen molar-refractivity contribution < 1.29 is 13.6 Å². The molecule has 2 aromatic heterocycles. The molecule has 2 aliphatic rings. The monoisotopic (exact) mass is 411 g/mol. The molecule has 1 saturated carbocycles. The molecular formula is C20H19F2N7O. The fourth-order valence-electron chi connectivity index (χ4n) is 3.88.